The highest BCUT2D eigenvalue weighted by Gasteiger charge is 2.21. The number of hydrogen-bond acceptors (Lipinski definition) is 3. The molecule has 3 aromatic carbocycles. The van der Waals surface area contributed by atoms with Crippen LogP contribution in [0.3, 0.4) is 0 Å². The average Bonchev–Trinajstić information content (AvgIpc) is 2.70. The van der Waals surface area contributed by atoms with E-state index in [4.69, 9.17) is 0 Å². The van der Waals surface area contributed by atoms with E-state index in [0.717, 1.165) is 22.0 Å². The van der Waals surface area contributed by atoms with Crippen LogP contribution in [0.1, 0.15) is 15.9 Å². The van der Waals surface area contributed by atoms with Crippen LogP contribution in [-0.2, 0) is 10.0 Å². The van der Waals surface area contributed by atoms with Crippen molar-refractivity contribution in [2.45, 2.75) is 11.8 Å². The molecule has 0 heterocycles. The first-order valence-electron chi connectivity index (χ1n) is 8.60. The number of rotatable bonds is 5. The van der Waals surface area contributed by atoms with Gasteiger partial charge >= 0.3 is 0 Å². The summed E-state index contributed by atoms with van der Waals surface area (Å²) in [6, 6.07) is 15.4. The lowest BCUT2D eigenvalue weighted by Crippen LogP contribution is -2.26. The molecular formula is C21H18F2N2O3S. The van der Waals surface area contributed by atoms with Crippen LogP contribution in [0.4, 0.5) is 20.2 Å². The van der Waals surface area contributed by atoms with E-state index in [1.807, 2.05) is 6.92 Å². The molecular weight excluding hydrogens is 398 g/mol. The first kappa shape index (κ1) is 20.5. The highest BCUT2D eigenvalue weighted by atomic mass is 32.2. The van der Waals surface area contributed by atoms with Crippen molar-refractivity contribution < 1.29 is 22.0 Å². The first-order chi connectivity index (χ1) is 13.7. The number of carbonyl (C=O) groups excluding carboxylic acids is 1. The second-order valence-corrected chi connectivity index (χ2v) is 8.38. The van der Waals surface area contributed by atoms with E-state index in [9.17, 15) is 22.0 Å². The molecule has 0 spiro atoms. The fraction of sp³-hybridized carbons (Fsp3) is 0.0952. The second kappa shape index (κ2) is 8.00. The molecule has 0 fully saturated rings. The fourth-order valence-corrected chi connectivity index (χ4v) is 3.80. The Hall–Kier alpha value is -3.26. The zero-order chi connectivity index (χ0) is 21.2. The van der Waals surface area contributed by atoms with Crippen molar-refractivity contribution >= 4 is 27.3 Å². The van der Waals surface area contributed by atoms with Gasteiger partial charge in [-0.3, -0.25) is 9.10 Å². The Labute approximate surface area is 167 Å². The maximum atomic E-state index is 13.3. The number of halogens is 2. The third-order valence-corrected chi connectivity index (χ3v) is 6.15. The van der Waals surface area contributed by atoms with Gasteiger partial charge in [-0.05, 0) is 55.5 Å². The number of aryl methyl sites for hydroxylation is 1. The van der Waals surface area contributed by atoms with E-state index < -0.39 is 27.6 Å². The SMILES string of the molecule is Cc1ccc(S(=O)(=O)N(C)c2ccc(C(=O)Nc3ccc(F)c(F)c3)cc2)cc1. The van der Waals surface area contributed by atoms with E-state index in [2.05, 4.69) is 5.32 Å². The van der Waals surface area contributed by atoms with Crippen LogP contribution < -0.4 is 9.62 Å². The molecule has 0 aliphatic carbocycles. The van der Waals surface area contributed by atoms with Crippen molar-refractivity contribution in [3.8, 4) is 0 Å². The number of nitrogens with zero attached hydrogens (tertiary/aromatic N) is 1. The van der Waals surface area contributed by atoms with Crippen LogP contribution >= 0.6 is 0 Å². The Balaban J connectivity index is 1.77. The van der Waals surface area contributed by atoms with Crippen molar-refractivity contribution in [3.63, 3.8) is 0 Å². The first-order valence-corrected chi connectivity index (χ1v) is 10.0. The molecule has 0 aliphatic heterocycles. The van der Waals surface area contributed by atoms with Crippen molar-refractivity contribution in [1.82, 2.24) is 0 Å². The zero-order valence-corrected chi connectivity index (χ0v) is 16.5. The summed E-state index contributed by atoms with van der Waals surface area (Å²) in [5.74, 6) is -2.61. The number of amides is 1. The topological polar surface area (TPSA) is 66.5 Å². The summed E-state index contributed by atoms with van der Waals surface area (Å²) in [5.41, 5.74) is 1.66. The van der Waals surface area contributed by atoms with Crippen LogP contribution in [0.2, 0.25) is 0 Å². The summed E-state index contributed by atoms with van der Waals surface area (Å²) in [6.45, 7) is 1.87. The lowest BCUT2D eigenvalue weighted by molar-refractivity contribution is 0.102. The van der Waals surface area contributed by atoms with Gasteiger partial charge in [0, 0.05) is 24.4 Å². The predicted octanol–water partition coefficient (Wildman–Crippen LogP) is 4.35. The number of hydrogen-bond donors (Lipinski definition) is 1. The molecule has 5 nitrogen and oxygen atoms in total. The van der Waals surface area contributed by atoms with Gasteiger partial charge in [0.05, 0.1) is 10.6 Å². The summed E-state index contributed by atoms with van der Waals surface area (Å²) in [5, 5.41) is 2.46. The average molecular weight is 416 g/mol. The van der Waals surface area contributed by atoms with Crippen molar-refractivity contribution in [2.75, 3.05) is 16.7 Å². The molecule has 1 N–H and O–H groups in total. The summed E-state index contributed by atoms with van der Waals surface area (Å²) in [7, 11) is -2.32. The van der Waals surface area contributed by atoms with Gasteiger partial charge in [-0.2, -0.15) is 0 Å². The molecule has 0 aromatic heterocycles. The van der Waals surface area contributed by atoms with Crippen molar-refractivity contribution in [1.29, 1.82) is 0 Å². The smallest absolute Gasteiger partial charge is 0.264 e. The Bertz CT molecular complexity index is 1150. The predicted molar refractivity (Wildman–Crippen MR) is 108 cm³/mol. The molecule has 0 aliphatic rings. The van der Waals surface area contributed by atoms with Gasteiger partial charge in [0.1, 0.15) is 0 Å². The van der Waals surface area contributed by atoms with Crippen LogP contribution in [0.25, 0.3) is 0 Å². The van der Waals surface area contributed by atoms with Crippen LogP contribution in [0.5, 0.6) is 0 Å². The largest absolute Gasteiger partial charge is 0.322 e. The van der Waals surface area contributed by atoms with Crippen molar-refractivity contribution in [3.05, 3.63) is 89.5 Å². The van der Waals surface area contributed by atoms with Gasteiger partial charge in [-0.1, -0.05) is 17.7 Å². The molecule has 3 aromatic rings. The van der Waals surface area contributed by atoms with Gasteiger partial charge in [0.2, 0.25) is 0 Å². The Morgan fingerprint density at radius 1 is 0.897 bits per heavy atom. The lowest BCUT2D eigenvalue weighted by Gasteiger charge is -2.20. The van der Waals surface area contributed by atoms with Crippen LogP contribution in [0.15, 0.2) is 71.6 Å². The molecule has 29 heavy (non-hydrogen) atoms. The quantitative estimate of drug-likeness (QED) is 0.672. The van der Waals surface area contributed by atoms with Gasteiger partial charge in [0.25, 0.3) is 15.9 Å². The van der Waals surface area contributed by atoms with Gasteiger partial charge < -0.3 is 5.32 Å². The van der Waals surface area contributed by atoms with Crippen molar-refractivity contribution in [2.24, 2.45) is 0 Å². The monoisotopic (exact) mass is 416 g/mol. The molecule has 0 unspecified atom stereocenters. The maximum absolute atomic E-state index is 13.3. The van der Waals surface area contributed by atoms with E-state index in [0.29, 0.717) is 5.69 Å². The van der Waals surface area contributed by atoms with Gasteiger partial charge in [0.15, 0.2) is 11.6 Å². The van der Waals surface area contributed by atoms with E-state index in [-0.39, 0.29) is 16.1 Å². The standard InChI is InChI=1S/C21H18F2N2O3S/c1-14-3-10-18(11-4-14)29(27,28)25(2)17-8-5-15(6-9-17)21(26)24-16-7-12-19(22)20(23)13-16/h3-13H,1-2H3,(H,24,26). The molecule has 8 heteroatoms. The summed E-state index contributed by atoms with van der Waals surface area (Å²) < 4.78 is 52.8. The number of benzene rings is 3. The molecule has 0 radical (unpaired) electrons. The molecule has 3 rings (SSSR count). The number of sulfonamides is 1. The minimum absolute atomic E-state index is 0.108. The van der Waals surface area contributed by atoms with E-state index >= 15 is 0 Å². The highest BCUT2D eigenvalue weighted by molar-refractivity contribution is 7.92. The molecule has 1 amide bonds. The Morgan fingerprint density at radius 2 is 1.52 bits per heavy atom. The van der Waals surface area contributed by atoms with Crippen LogP contribution in [-0.4, -0.2) is 21.4 Å². The number of nitrogens with one attached hydrogen (secondary N) is 1. The third kappa shape index (κ3) is 4.43. The normalized spacial score (nSPS) is 11.2. The summed E-state index contributed by atoms with van der Waals surface area (Å²) in [6.07, 6.45) is 0. The molecule has 0 saturated heterocycles. The number of anilines is 2. The second-order valence-electron chi connectivity index (χ2n) is 6.42. The molecule has 0 bridgehead atoms. The van der Waals surface area contributed by atoms with Gasteiger partial charge in [-0.25, -0.2) is 17.2 Å². The summed E-state index contributed by atoms with van der Waals surface area (Å²) >= 11 is 0. The minimum Gasteiger partial charge on any atom is -0.322 e. The van der Waals surface area contributed by atoms with Gasteiger partial charge in [-0.15, -0.1) is 0 Å². The molecule has 150 valence electrons. The van der Waals surface area contributed by atoms with E-state index in [1.54, 1.807) is 12.1 Å². The molecule has 0 saturated carbocycles. The minimum atomic E-state index is -3.74. The zero-order valence-electron chi connectivity index (χ0n) is 15.7. The highest BCUT2D eigenvalue weighted by Crippen LogP contribution is 2.23. The Morgan fingerprint density at radius 3 is 2.10 bits per heavy atom. The fourth-order valence-electron chi connectivity index (χ4n) is 2.61. The maximum Gasteiger partial charge on any atom is 0.264 e. The third-order valence-electron chi connectivity index (χ3n) is 4.35. The lowest BCUT2D eigenvalue weighted by atomic mass is 10.2. The van der Waals surface area contributed by atoms with Crippen LogP contribution in [0, 0.1) is 18.6 Å². The summed E-state index contributed by atoms with van der Waals surface area (Å²) in [4.78, 5) is 12.4. The number of carbonyl (C=O) groups is 1. The molecule has 0 atom stereocenters. The van der Waals surface area contributed by atoms with E-state index in [1.165, 1.54) is 49.5 Å². The Kier molecular flexibility index (Phi) is 5.65.